The summed E-state index contributed by atoms with van der Waals surface area (Å²) in [4.78, 5) is 11.7. The fourth-order valence-electron chi connectivity index (χ4n) is 1.88. The first-order valence-corrected chi connectivity index (χ1v) is 7.27. The van der Waals surface area contributed by atoms with E-state index in [0.717, 1.165) is 17.2 Å². The van der Waals surface area contributed by atoms with Crippen LogP contribution in [0.1, 0.15) is 5.56 Å². The van der Waals surface area contributed by atoms with Crippen molar-refractivity contribution in [1.82, 2.24) is 10.6 Å². The Balaban J connectivity index is 1.79. The molecule has 1 aromatic rings. The van der Waals surface area contributed by atoms with Crippen LogP contribution in [0, 0.1) is 5.82 Å². The standard InChI is InChI=1S/C13H17FN2O2S/c1-18-12-3-2-9(6-10(12)14)4-5-15-13(17)11-7-19-8-16-11/h2-3,6,11,16H,4-5,7-8H2,1H3,(H,15,17). The molecule has 0 spiro atoms. The fourth-order valence-corrected chi connectivity index (χ4v) is 2.82. The highest BCUT2D eigenvalue weighted by Gasteiger charge is 2.21. The molecule has 1 fully saturated rings. The van der Waals surface area contributed by atoms with Crippen molar-refractivity contribution in [2.24, 2.45) is 0 Å². The van der Waals surface area contributed by atoms with Crippen LogP contribution in [0.15, 0.2) is 18.2 Å². The van der Waals surface area contributed by atoms with Crippen LogP contribution in [0.4, 0.5) is 4.39 Å². The number of ether oxygens (including phenoxy) is 1. The number of benzene rings is 1. The number of amides is 1. The van der Waals surface area contributed by atoms with E-state index in [2.05, 4.69) is 10.6 Å². The van der Waals surface area contributed by atoms with E-state index in [1.165, 1.54) is 13.2 Å². The molecule has 1 atom stereocenters. The second-order valence-electron chi connectivity index (χ2n) is 4.28. The van der Waals surface area contributed by atoms with Crippen LogP contribution < -0.4 is 15.4 Å². The molecule has 19 heavy (non-hydrogen) atoms. The Hall–Kier alpha value is -1.27. The molecule has 2 N–H and O–H groups in total. The van der Waals surface area contributed by atoms with Crippen molar-refractivity contribution in [3.8, 4) is 5.75 Å². The van der Waals surface area contributed by atoms with Crippen molar-refractivity contribution in [3.05, 3.63) is 29.6 Å². The molecule has 4 nitrogen and oxygen atoms in total. The number of halogens is 1. The van der Waals surface area contributed by atoms with Crippen LogP contribution in [-0.4, -0.2) is 37.2 Å². The largest absolute Gasteiger partial charge is 0.494 e. The molecule has 1 aliphatic heterocycles. The van der Waals surface area contributed by atoms with Crippen LogP contribution in [0.3, 0.4) is 0 Å². The van der Waals surface area contributed by atoms with Gasteiger partial charge in [-0.2, -0.15) is 0 Å². The SMILES string of the molecule is COc1ccc(CCNC(=O)C2CSCN2)cc1F. The zero-order chi connectivity index (χ0) is 13.7. The molecule has 0 bridgehead atoms. The highest BCUT2D eigenvalue weighted by Crippen LogP contribution is 2.17. The van der Waals surface area contributed by atoms with Crippen molar-refractivity contribution < 1.29 is 13.9 Å². The molecule has 1 heterocycles. The van der Waals surface area contributed by atoms with Crippen molar-refractivity contribution in [2.45, 2.75) is 12.5 Å². The molecular weight excluding hydrogens is 267 g/mol. The maximum absolute atomic E-state index is 13.5. The Kier molecular flexibility index (Phi) is 5.04. The molecule has 0 aromatic heterocycles. The minimum absolute atomic E-state index is 0.0129. The Bertz CT molecular complexity index is 450. The van der Waals surface area contributed by atoms with Crippen LogP contribution in [0.25, 0.3) is 0 Å². The number of thioether (sulfide) groups is 1. The van der Waals surface area contributed by atoms with Gasteiger partial charge in [-0.15, -0.1) is 11.8 Å². The van der Waals surface area contributed by atoms with E-state index >= 15 is 0 Å². The van der Waals surface area contributed by atoms with E-state index in [9.17, 15) is 9.18 Å². The van der Waals surface area contributed by atoms with Gasteiger partial charge in [0, 0.05) is 18.2 Å². The number of rotatable bonds is 5. The molecule has 1 aromatic carbocycles. The van der Waals surface area contributed by atoms with Gasteiger partial charge in [-0.3, -0.25) is 10.1 Å². The quantitative estimate of drug-likeness (QED) is 0.852. The predicted molar refractivity (Wildman–Crippen MR) is 73.9 cm³/mol. The summed E-state index contributed by atoms with van der Waals surface area (Å²) in [6.45, 7) is 0.507. The summed E-state index contributed by atoms with van der Waals surface area (Å²) in [7, 11) is 1.44. The molecule has 0 aliphatic carbocycles. The lowest BCUT2D eigenvalue weighted by molar-refractivity contribution is -0.122. The highest BCUT2D eigenvalue weighted by molar-refractivity contribution is 7.99. The Labute approximate surface area is 116 Å². The van der Waals surface area contributed by atoms with E-state index in [-0.39, 0.29) is 23.5 Å². The average Bonchev–Trinajstić information content (AvgIpc) is 2.93. The van der Waals surface area contributed by atoms with Crippen LogP contribution in [0.2, 0.25) is 0 Å². The number of hydrogen-bond acceptors (Lipinski definition) is 4. The van der Waals surface area contributed by atoms with Gasteiger partial charge in [0.25, 0.3) is 0 Å². The number of carbonyl (C=O) groups excluding carboxylic acids is 1. The van der Waals surface area contributed by atoms with Gasteiger partial charge in [-0.05, 0) is 24.1 Å². The number of carbonyl (C=O) groups is 1. The first kappa shape index (κ1) is 14.1. The molecule has 0 radical (unpaired) electrons. The molecular formula is C13H17FN2O2S. The average molecular weight is 284 g/mol. The van der Waals surface area contributed by atoms with E-state index in [1.807, 2.05) is 0 Å². The first-order valence-electron chi connectivity index (χ1n) is 6.12. The minimum Gasteiger partial charge on any atom is -0.494 e. The van der Waals surface area contributed by atoms with Gasteiger partial charge in [-0.1, -0.05) is 6.07 Å². The number of methoxy groups -OCH3 is 1. The summed E-state index contributed by atoms with van der Waals surface area (Å²) in [5.74, 6) is 1.50. The summed E-state index contributed by atoms with van der Waals surface area (Å²) in [5, 5.41) is 5.96. The van der Waals surface area contributed by atoms with E-state index in [0.29, 0.717) is 13.0 Å². The van der Waals surface area contributed by atoms with Gasteiger partial charge in [0.15, 0.2) is 11.6 Å². The van der Waals surface area contributed by atoms with Gasteiger partial charge < -0.3 is 10.1 Å². The van der Waals surface area contributed by atoms with E-state index in [1.54, 1.807) is 23.9 Å². The summed E-state index contributed by atoms with van der Waals surface area (Å²) >= 11 is 1.71. The lowest BCUT2D eigenvalue weighted by atomic mass is 10.1. The van der Waals surface area contributed by atoms with Gasteiger partial charge >= 0.3 is 0 Å². The normalized spacial score (nSPS) is 18.3. The topological polar surface area (TPSA) is 50.4 Å². The zero-order valence-corrected chi connectivity index (χ0v) is 11.6. The molecule has 1 unspecified atom stereocenters. The summed E-state index contributed by atoms with van der Waals surface area (Å²) < 4.78 is 18.3. The third-order valence-electron chi connectivity index (χ3n) is 2.96. The lowest BCUT2D eigenvalue weighted by Crippen LogP contribution is -2.42. The van der Waals surface area contributed by atoms with Crippen molar-refractivity contribution >= 4 is 17.7 Å². The maximum atomic E-state index is 13.5. The Morgan fingerprint density at radius 1 is 1.63 bits per heavy atom. The van der Waals surface area contributed by atoms with Gasteiger partial charge in [-0.25, -0.2) is 4.39 Å². The van der Waals surface area contributed by atoms with Crippen LogP contribution in [0.5, 0.6) is 5.75 Å². The van der Waals surface area contributed by atoms with Gasteiger partial charge in [0.2, 0.25) is 5.91 Å². The van der Waals surface area contributed by atoms with E-state index in [4.69, 9.17) is 4.74 Å². The summed E-state index contributed by atoms with van der Waals surface area (Å²) in [6.07, 6.45) is 0.604. The number of hydrogen-bond donors (Lipinski definition) is 2. The molecule has 1 amide bonds. The first-order chi connectivity index (χ1) is 9.20. The molecule has 1 aliphatic rings. The van der Waals surface area contributed by atoms with Crippen molar-refractivity contribution in [2.75, 3.05) is 25.3 Å². The molecule has 0 saturated carbocycles. The second-order valence-corrected chi connectivity index (χ2v) is 5.31. The Morgan fingerprint density at radius 3 is 3.11 bits per heavy atom. The summed E-state index contributed by atoms with van der Waals surface area (Å²) in [6, 6.07) is 4.74. The van der Waals surface area contributed by atoms with Gasteiger partial charge in [0.05, 0.1) is 13.2 Å². The number of nitrogens with one attached hydrogen (secondary N) is 2. The van der Waals surface area contributed by atoms with Gasteiger partial charge in [0.1, 0.15) is 0 Å². The monoisotopic (exact) mass is 284 g/mol. The molecule has 6 heteroatoms. The molecule has 1 saturated heterocycles. The molecule has 104 valence electrons. The lowest BCUT2D eigenvalue weighted by Gasteiger charge is -2.10. The highest BCUT2D eigenvalue weighted by atomic mass is 32.2. The maximum Gasteiger partial charge on any atom is 0.238 e. The van der Waals surface area contributed by atoms with Crippen molar-refractivity contribution in [3.63, 3.8) is 0 Å². The van der Waals surface area contributed by atoms with E-state index < -0.39 is 0 Å². The third kappa shape index (κ3) is 3.84. The third-order valence-corrected chi connectivity index (χ3v) is 3.90. The smallest absolute Gasteiger partial charge is 0.238 e. The Morgan fingerprint density at radius 2 is 2.47 bits per heavy atom. The summed E-state index contributed by atoms with van der Waals surface area (Å²) in [5.41, 5.74) is 0.840. The second kappa shape index (κ2) is 6.77. The van der Waals surface area contributed by atoms with Crippen LogP contribution in [-0.2, 0) is 11.2 Å². The van der Waals surface area contributed by atoms with Crippen LogP contribution >= 0.6 is 11.8 Å². The predicted octanol–water partition coefficient (Wildman–Crippen LogP) is 1.16. The zero-order valence-electron chi connectivity index (χ0n) is 10.7. The fraction of sp³-hybridized carbons (Fsp3) is 0.462. The minimum atomic E-state index is -0.375. The molecule has 2 rings (SSSR count). The van der Waals surface area contributed by atoms with Crippen molar-refractivity contribution in [1.29, 1.82) is 0 Å².